The number of para-hydroxylation sites is 1. The van der Waals surface area contributed by atoms with E-state index in [-0.39, 0.29) is 29.1 Å². The molecule has 1 saturated carbocycles. The number of piperidine rings is 1. The van der Waals surface area contributed by atoms with Gasteiger partial charge >= 0.3 is 0 Å². The molecule has 4 heterocycles. The third kappa shape index (κ3) is 6.10. The van der Waals surface area contributed by atoms with Crippen molar-refractivity contribution < 1.29 is 14.3 Å². The van der Waals surface area contributed by atoms with Crippen LogP contribution in [0.5, 0.6) is 0 Å². The van der Waals surface area contributed by atoms with Crippen molar-refractivity contribution in [2.24, 2.45) is 11.3 Å². The molecule has 0 unspecified atom stereocenters. The second-order valence-electron chi connectivity index (χ2n) is 14.6. The van der Waals surface area contributed by atoms with Gasteiger partial charge in [0.05, 0.1) is 13.2 Å². The van der Waals surface area contributed by atoms with E-state index in [4.69, 9.17) is 4.74 Å². The number of morpholine rings is 1. The van der Waals surface area contributed by atoms with E-state index in [1.54, 1.807) is 6.20 Å². The smallest absolute Gasteiger partial charge is 0.250 e. The Balaban J connectivity index is 1.18. The Morgan fingerprint density at radius 3 is 2.44 bits per heavy atom. The number of nitrogens with zero attached hydrogens (tertiary/aromatic N) is 4. The maximum atomic E-state index is 14.8. The molecule has 2 amide bonds. The van der Waals surface area contributed by atoms with Gasteiger partial charge in [-0.2, -0.15) is 0 Å². The number of likely N-dealkylation sites (tertiary alicyclic amines) is 1. The van der Waals surface area contributed by atoms with Crippen LogP contribution in [0.15, 0.2) is 73.1 Å². The highest BCUT2D eigenvalue weighted by molar-refractivity contribution is 6.01. The van der Waals surface area contributed by atoms with Crippen molar-refractivity contribution in [2.75, 3.05) is 56.7 Å². The minimum Gasteiger partial charge on any atom is -0.378 e. The number of hydrogen-bond acceptors (Lipinski definition) is 6. The van der Waals surface area contributed by atoms with Crippen molar-refractivity contribution in [3.05, 3.63) is 89.9 Å². The van der Waals surface area contributed by atoms with Gasteiger partial charge in [-0.15, -0.1) is 0 Å². The maximum Gasteiger partial charge on any atom is 0.250 e. The lowest BCUT2D eigenvalue weighted by molar-refractivity contribution is -0.150. The zero-order valence-electron chi connectivity index (χ0n) is 28.7. The minimum atomic E-state index is -0.993. The number of rotatable bonds is 9. The van der Waals surface area contributed by atoms with Gasteiger partial charge in [0.1, 0.15) is 5.54 Å². The molecule has 0 bridgehead atoms. The molecular weight excluding hydrogens is 600 g/mol. The Morgan fingerprint density at radius 2 is 1.73 bits per heavy atom. The third-order valence-electron chi connectivity index (χ3n) is 11.3. The molecule has 2 aromatic heterocycles. The first-order chi connectivity index (χ1) is 23.2. The maximum absolute atomic E-state index is 14.8. The van der Waals surface area contributed by atoms with Crippen LogP contribution in [0.1, 0.15) is 55.8 Å². The van der Waals surface area contributed by atoms with Crippen LogP contribution in [-0.4, -0.2) is 83.6 Å². The summed E-state index contributed by atoms with van der Waals surface area (Å²) in [4.78, 5) is 43.8. The summed E-state index contributed by atoms with van der Waals surface area (Å²) in [5.41, 5.74) is 5.36. The number of aromatic nitrogens is 2. The molecule has 2 aromatic carbocycles. The lowest BCUT2D eigenvalue weighted by Gasteiger charge is -2.47. The van der Waals surface area contributed by atoms with Crippen LogP contribution in [0.2, 0.25) is 0 Å². The number of anilines is 2. The molecule has 0 radical (unpaired) electrons. The van der Waals surface area contributed by atoms with E-state index in [2.05, 4.69) is 89.3 Å². The first-order valence-electron chi connectivity index (χ1n) is 17.4. The van der Waals surface area contributed by atoms with E-state index < -0.39 is 5.54 Å². The molecule has 3 fully saturated rings. The monoisotopic (exact) mass is 648 g/mol. The number of benzene rings is 2. The highest BCUT2D eigenvalue weighted by Crippen LogP contribution is 2.67. The SMILES string of the molecule is Cc1[nH]c2ccccc2c1[C@@H]1[C@@H](CC(=O)N(Cc2cccnc2)C2(C(=O)Nc3ccc(N4CCOCC4)cc3)CCN(C)CC2)C1(C)C. The quantitative estimate of drug-likeness (QED) is 0.232. The number of aryl methyl sites for hydroxylation is 1. The standard InChI is InChI=1S/C39H48N6O3/c1-27-35(31-9-5-6-10-33(31)41-27)36-32(38(36,2)3)24-34(46)45(26-28-8-7-17-40-25-28)39(15-18-43(4)19-16-39)37(47)42-29-11-13-30(14-12-29)44-20-22-48-23-21-44/h5-14,17,25,32,36,41H,15-16,18-24,26H2,1-4H3,(H,42,47)/t32-,36+/m1/s1. The van der Waals surface area contributed by atoms with Crippen LogP contribution in [0.4, 0.5) is 11.4 Å². The number of hydrogen-bond donors (Lipinski definition) is 2. The Kier molecular flexibility index (Phi) is 8.77. The van der Waals surface area contributed by atoms with Gasteiger partial charge in [-0.05, 0) is 91.6 Å². The topological polar surface area (TPSA) is 93.8 Å². The molecule has 3 aliphatic rings. The fourth-order valence-corrected chi connectivity index (χ4v) is 8.28. The number of amides is 2. The summed E-state index contributed by atoms with van der Waals surface area (Å²) in [6, 6.07) is 20.4. The van der Waals surface area contributed by atoms with Crippen LogP contribution < -0.4 is 10.2 Å². The van der Waals surface area contributed by atoms with E-state index in [1.807, 2.05) is 35.4 Å². The predicted molar refractivity (Wildman–Crippen MR) is 190 cm³/mol. The molecule has 4 aromatic rings. The Hall–Kier alpha value is -4.21. The lowest BCUT2D eigenvalue weighted by Crippen LogP contribution is -2.62. The van der Waals surface area contributed by atoms with E-state index in [0.717, 1.165) is 61.8 Å². The van der Waals surface area contributed by atoms with Crippen LogP contribution in [0.3, 0.4) is 0 Å². The molecular formula is C39H48N6O3. The second kappa shape index (κ2) is 13.0. The summed E-state index contributed by atoms with van der Waals surface area (Å²) in [6.45, 7) is 11.6. The average molecular weight is 649 g/mol. The zero-order chi connectivity index (χ0) is 33.5. The van der Waals surface area contributed by atoms with Crippen molar-refractivity contribution in [2.45, 2.75) is 58.0 Å². The largest absolute Gasteiger partial charge is 0.378 e. The molecule has 252 valence electrons. The molecule has 2 N–H and O–H groups in total. The molecule has 48 heavy (non-hydrogen) atoms. The third-order valence-corrected chi connectivity index (χ3v) is 11.3. The first-order valence-corrected chi connectivity index (χ1v) is 17.4. The number of pyridine rings is 1. The second-order valence-corrected chi connectivity index (χ2v) is 14.6. The highest BCUT2D eigenvalue weighted by Gasteiger charge is 2.60. The predicted octanol–water partition coefficient (Wildman–Crippen LogP) is 5.97. The van der Waals surface area contributed by atoms with Gasteiger partial charge in [-0.3, -0.25) is 14.6 Å². The van der Waals surface area contributed by atoms with E-state index >= 15 is 0 Å². The molecule has 7 rings (SSSR count). The summed E-state index contributed by atoms with van der Waals surface area (Å²) in [7, 11) is 2.08. The first kappa shape index (κ1) is 32.3. The van der Waals surface area contributed by atoms with E-state index in [9.17, 15) is 9.59 Å². The van der Waals surface area contributed by atoms with Crippen molar-refractivity contribution in [1.82, 2.24) is 19.8 Å². The van der Waals surface area contributed by atoms with Gasteiger partial charge in [0.15, 0.2) is 0 Å². The van der Waals surface area contributed by atoms with Crippen LogP contribution in [0.25, 0.3) is 10.9 Å². The number of carbonyl (C=O) groups excluding carboxylic acids is 2. The van der Waals surface area contributed by atoms with Crippen LogP contribution >= 0.6 is 0 Å². The summed E-state index contributed by atoms with van der Waals surface area (Å²) in [5.74, 6) is 0.328. The molecule has 2 aliphatic heterocycles. The number of fused-ring (bicyclic) bond motifs is 1. The van der Waals surface area contributed by atoms with Gasteiger partial charge < -0.3 is 29.7 Å². The zero-order valence-corrected chi connectivity index (χ0v) is 28.7. The van der Waals surface area contributed by atoms with Crippen molar-refractivity contribution in [1.29, 1.82) is 0 Å². The molecule has 9 nitrogen and oxygen atoms in total. The van der Waals surface area contributed by atoms with Gasteiger partial charge in [-0.25, -0.2) is 0 Å². The summed E-state index contributed by atoms with van der Waals surface area (Å²) in [6.07, 6.45) is 5.06. The fraction of sp³-hybridized carbons (Fsp3) is 0.462. The van der Waals surface area contributed by atoms with Gasteiger partial charge in [0, 0.05) is 79.5 Å². The van der Waals surface area contributed by atoms with Crippen molar-refractivity contribution in [3.8, 4) is 0 Å². The molecule has 0 spiro atoms. The number of aromatic amines is 1. The van der Waals surface area contributed by atoms with Gasteiger partial charge in [-0.1, -0.05) is 38.1 Å². The normalized spacial score (nSPS) is 22.0. The average Bonchev–Trinajstić information content (AvgIpc) is 3.45. The summed E-state index contributed by atoms with van der Waals surface area (Å²) >= 11 is 0. The highest BCUT2D eigenvalue weighted by atomic mass is 16.5. The van der Waals surface area contributed by atoms with E-state index in [0.29, 0.717) is 25.8 Å². The number of ether oxygens (including phenoxy) is 1. The molecule has 9 heteroatoms. The summed E-state index contributed by atoms with van der Waals surface area (Å²) in [5, 5.41) is 4.49. The van der Waals surface area contributed by atoms with Crippen molar-refractivity contribution in [3.63, 3.8) is 0 Å². The molecule has 1 aliphatic carbocycles. The summed E-state index contributed by atoms with van der Waals surface area (Å²) < 4.78 is 5.51. The Bertz CT molecular complexity index is 1750. The Morgan fingerprint density at radius 1 is 1.00 bits per heavy atom. The van der Waals surface area contributed by atoms with Crippen molar-refractivity contribution >= 4 is 34.1 Å². The minimum absolute atomic E-state index is 0.0271. The number of nitrogens with one attached hydrogen (secondary N) is 2. The molecule has 2 saturated heterocycles. The van der Waals surface area contributed by atoms with Gasteiger partial charge in [0.25, 0.3) is 0 Å². The number of H-pyrrole nitrogens is 1. The fourth-order valence-electron chi connectivity index (χ4n) is 8.28. The lowest BCUT2D eigenvalue weighted by atomic mass is 9.83. The van der Waals surface area contributed by atoms with E-state index in [1.165, 1.54) is 16.6 Å². The van der Waals surface area contributed by atoms with Gasteiger partial charge in [0.2, 0.25) is 11.8 Å². The molecule has 2 atom stereocenters. The van der Waals surface area contributed by atoms with Crippen LogP contribution in [-0.2, 0) is 20.9 Å². The number of carbonyl (C=O) groups is 2. The van der Waals surface area contributed by atoms with Crippen LogP contribution in [0, 0.1) is 18.3 Å². The Labute approximate surface area is 283 Å².